The van der Waals surface area contributed by atoms with Gasteiger partial charge in [-0.3, -0.25) is 0 Å². The molecular formula is C12H20ClN3. The molecule has 0 unspecified atom stereocenters. The molecule has 0 aromatic carbocycles. The lowest BCUT2D eigenvalue weighted by Crippen LogP contribution is -2.21. The topological polar surface area (TPSA) is 29.0 Å². The van der Waals surface area contributed by atoms with E-state index in [4.69, 9.17) is 11.6 Å². The van der Waals surface area contributed by atoms with Crippen LogP contribution < -0.4 is 4.90 Å². The van der Waals surface area contributed by atoms with Crippen molar-refractivity contribution in [1.29, 1.82) is 0 Å². The standard InChI is InChI=1S/C12H20ClN3/c1-5-7-10-14-11(13)9(3)12(15-10)16(4)8-6-2/h5-8H2,1-4H3. The summed E-state index contributed by atoms with van der Waals surface area (Å²) in [6.45, 7) is 7.23. The second kappa shape index (κ2) is 6.04. The third kappa shape index (κ3) is 3.08. The van der Waals surface area contributed by atoms with Crippen LogP contribution in [0.25, 0.3) is 0 Å². The van der Waals surface area contributed by atoms with E-state index in [9.17, 15) is 0 Å². The van der Waals surface area contributed by atoms with Crippen molar-refractivity contribution < 1.29 is 0 Å². The van der Waals surface area contributed by atoms with E-state index in [2.05, 4.69) is 28.7 Å². The van der Waals surface area contributed by atoms with Gasteiger partial charge in [-0.05, 0) is 19.8 Å². The van der Waals surface area contributed by atoms with E-state index in [0.29, 0.717) is 5.15 Å². The summed E-state index contributed by atoms with van der Waals surface area (Å²) in [6.07, 6.45) is 3.02. The van der Waals surface area contributed by atoms with Crippen molar-refractivity contribution in [3.8, 4) is 0 Å². The minimum Gasteiger partial charge on any atom is -0.359 e. The van der Waals surface area contributed by atoms with Crippen molar-refractivity contribution in [2.75, 3.05) is 18.5 Å². The van der Waals surface area contributed by atoms with E-state index in [1.165, 1.54) is 0 Å². The maximum Gasteiger partial charge on any atom is 0.137 e. The van der Waals surface area contributed by atoms with E-state index in [-0.39, 0.29) is 0 Å². The van der Waals surface area contributed by atoms with E-state index in [1.54, 1.807) is 0 Å². The molecule has 1 heterocycles. The van der Waals surface area contributed by atoms with Crippen molar-refractivity contribution in [3.05, 3.63) is 16.5 Å². The molecule has 0 amide bonds. The zero-order valence-corrected chi connectivity index (χ0v) is 11.3. The van der Waals surface area contributed by atoms with Gasteiger partial charge in [-0.2, -0.15) is 0 Å². The Morgan fingerprint density at radius 1 is 1.19 bits per heavy atom. The van der Waals surface area contributed by atoms with Crippen molar-refractivity contribution in [2.45, 2.75) is 40.0 Å². The normalized spacial score (nSPS) is 10.6. The predicted molar refractivity (Wildman–Crippen MR) is 69.3 cm³/mol. The summed E-state index contributed by atoms with van der Waals surface area (Å²) in [5, 5.41) is 0.580. The number of halogens is 1. The number of rotatable bonds is 5. The summed E-state index contributed by atoms with van der Waals surface area (Å²) in [5.41, 5.74) is 0.970. The number of hydrogen-bond donors (Lipinski definition) is 0. The van der Waals surface area contributed by atoms with Gasteiger partial charge >= 0.3 is 0 Å². The van der Waals surface area contributed by atoms with Crippen molar-refractivity contribution in [1.82, 2.24) is 9.97 Å². The first-order valence-corrected chi connectivity index (χ1v) is 6.22. The molecule has 16 heavy (non-hydrogen) atoms. The van der Waals surface area contributed by atoms with Gasteiger partial charge in [-0.1, -0.05) is 25.4 Å². The second-order valence-electron chi connectivity index (χ2n) is 4.05. The van der Waals surface area contributed by atoms with Crippen LogP contribution in [0.4, 0.5) is 5.82 Å². The molecule has 0 saturated heterocycles. The van der Waals surface area contributed by atoms with Gasteiger partial charge in [-0.25, -0.2) is 9.97 Å². The smallest absolute Gasteiger partial charge is 0.137 e. The molecule has 0 aliphatic rings. The summed E-state index contributed by atoms with van der Waals surface area (Å²) < 4.78 is 0. The van der Waals surface area contributed by atoms with Gasteiger partial charge in [0.1, 0.15) is 16.8 Å². The first-order valence-electron chi connectivity index (χ1n) is 5.84. The molecule has 4 heteroatoms. The maximum absolute atomic E-state index is 6.12. The molecule has 1 rings (SSSR count). The SMILES string of the molecule is CCCc1nc(Cl)c(C)c(N(C)CCC)n1. The highest BCUT2D eigenvalue weighted by molar-refractivity contribution is 6.30. The summed E-state index contributed by atoms with van der Waals surface area (Å²) in [5.74, 6) is 1.81. The number of anilines is 1. The Labute approximate surface area is 103 Å². The minimum absolute atomic E-state index is 0.580. The molecule has 1 aromatic rings. The van der Waals surface area contributed by atoms with Gasteiger partial charge in [0.2, 0.25) is 0 Å². The molecular weight excluding hydrogens is 222 g/mol. The molecule has 1 aromatic heterocycles. The molecule has 0 aliphatic heterocycles. The predicted octanol–water partition coefficient (Wildman–Crippen LogP) is 3.24. The van der Waals surface area contributed by atoms with E-state index in [1.807, 2.05) is 14.0 Å². The first-order chi connectivity index (χ1) is 7.60. The fourth-order valence-corrected chi connectivity index (χ4v) is 1.85. The summed E-state index contributed by atoms with van der Waals surface area (Å²) in [7, 11) is 2.05. The highest BCUT2D eigenvalue weighted by atomic mass is 35.5. The third-order valence-electron chi connectivity index (χ3n) is 2.50. The van der Waals surface area contributed by atoms with Crippen LogP contribution in [-0.4, -0.2) is 23.6 Å². The largest absolute Gasteiger partial charge is 0.359 e. The Kier molecular flexibility index (Phi) is 5.00. The third-order valence-corrected chi connectivity index (χ3v) is 2.87. The molecule has 3 nitrogen and oxygen atoms in total. The molecule has 0 saturated carbocycles. The molecule has 0 N–H and O–H groups in total. The van der Waals surface area contributed by atoms with Crippen molar-refractivity contribution in [3.63, 3.8) is 0 Å². The van der Waals surface area contributed by atoms with Crippen LogP contribution in [0.1, 0.15) is 38.1 Å². The van der Waals surface area contributed by atoms with E-state index >= 15 is 0 Å². The van der Waals surface area contributed by atoms with Gasteiger partial charge in [0.15, 0.2) is 0 Å². The second-order valence-corrected chi connectivity index (χ2v) is 4.41. The molecule has 0 fully saturated rings. The van der Waals surface area contributed by atoms with Gasteiger partial charge in [-0.15, -0.1) is 0 Å². The lowest BCUT2D eigenvalue weighted by atomic mass is 10.2. The van der Waals surface area contributed by atoms with Crippen molar-refractivity contribution in [2.24, 2.45) is 0 Å². The van der Waals surface area contributed by atoms with Crippen LogP contribution >= 0.6 is 11.6 Å². The Hall–Kier alpha value is -0.830. The Balaban J connectivity index is 3.05. The zero-order chi connectivity index (χ0) is 12.1. The van der Waals surface area contributed by atoms with Crippen LogP contribution in [0.15, 0.2) is 0 Å². The minimum atomic E-state index is 0.580. The molecule has 0 atom stereocenters. The number of hydrogen-bond acceptors (Lipinski definition) is 3. The summed E-state index contributed by atoms with van der Waals surface area (Å²) in [6, 6.07) is 0. The average molecular weight is 242 g/mol. The van der Waals surface area contributed by atoms with Crippen LogP contribution in [0, 0.1) is 6.92 Å². The fourth-order valence-electron chi connectivity index (χ4n) is 1.67. The lowest BCUT2D eigenvalue weighted by Gasteiger charge is -2.20. The Bertz CT molecular complexity index is 352. The Morgan fingerprint density at radius 3 is 2.44 bits per heavy atom. The van der Waals surface area contributed by atoms with E-state index in [0.717, 1.165) is 43.0 Å². The number of aromatic nitrogens is 2. The van der Waals surface area contributed by atoms with Crippen LogP contribution in [0.5, 0.6) is 0 Å². The first kappa shape index (κ1) is 13.2. The van der Waals surface area contributed by atoms with Crippen LogP contribution in [0.2, 0.25) is 5.15 Å². The number of aryl methyl sites for hydroxylation is 1. The van der Waals surface area contributed by atoms with Gasteiger partial charge < -0.3 is 4.90 Å². The molecule has 0 bridgehead atoms. The summed E-state index contributed by atoms with van der Waals surface area (Å²) >= 11 is 6.12. The Morgan fingerprint density at radius 2 is 1.88 bits per heavy atom. The zero-order valence-electron chi connectivity index (χ0n) is 10.5. The highest BCUT2D eigenvalue weighted by Crippen LogP contribution is 2.23. The molecule has 90 valence electrons. The van der Waals surface area contributed by atoms with E-state index < -0.39 is 0 Å². The van der Waals surface area contributed by atoms with Gasteiger partial charge in [0, 0.05) is 25.6 Å². The number of nitrogens with zero attached hydrogens (tertiary/aromatic N) is 3. The fraction of sp³-hybridized carbons (Fsp3) is 0.667. The summed E-state index contributed by atoms with van der Waals surface area (Å²) in [4.78, 5) is 11.0. The van der Waals surface area contributed by atoms with Gasteiger partial charge in [0.25, 0.3) is 0 Å². The molecule has 0 aliphatic carbocycles. The molecule has 0 spiro atoms. The van der Waals surface area contributed by atoms with Crippen LogP contribution in [-0.2, 0) is 6.42 Å². The monoisotopic (exact) mass is 241 g/mol. The van der Waals surface area contributed by atoms with Gasteiger partial charge in [0.05, 0.1) is 0 Å². The lowest BCUT2D eigenvalue weighted by molar-refractivity contribution is 0.792. The van der Waals surface area contributed by atoms with Crippen LogP contribution in [0.3, 0.4) is 0 Å². The highest BCUT2D eigenvalue weighted by Gasteiger charge is 2.12. The quantitative estimate of drug-likeness (QED) is 0.742. The molecule has 0 radical (unpaired) electrons. The van der Waals surface area contributed by atoms with Crippen molar-refractivity contribution >= 4 is 17.4 Å². The average Bonchev–Trinajstić information content (AvgIpc) is 2.23. The maximum atomic E-state index is 6.12.